The fraction of sp³-hybridized carbons (Fsp3) is 0.393. The van der Waals surface area contributed by atoms with Crippen LogP contribution in [0.5, 0.6) is 0 Å². The Labute approximate surface area is 241 Å². The molecular weight excluding hydrogens is 577 g/mol. The lowest BCUT2D eigenvalue weighted by molar-refractivity contribution is -0.141. The highest BCUT2D eigenvalue weighted by Crippen LogP contribution is 2.38. The van der Waals surface area contributed by atoms with E-state index in [1.54, 1.807) is 24.0 Å². The van der Waals surface area contributed by atoms with Gasteiger partial charge in [0.15, 0.2) is 5.69 Å². The molecule has 0 radical (unpaired) electrons. The van der Waals surface area contributed by atoms with Crippen LogP contribution in [0, 0.1) is 0 Å². The van der Waals surface area contributed by atoms with Gasteiger partial charge in [-0.2, -0.15) is 26.7 Å². The number of esters is 1. The van der Waals surface area contributed by atoms with Crippen LogP contribution in [-0.2, 0) is 44.7 Å². The third-order valence-electron chi connectivity index (χ3n) is 6.79. The molecule has 2 heterocycles. The maximum Gasteiger partial charge on any atom is 0.436 e. The number of nitrogens with zero attached hydrogens (tertiary/aromatic N) is 3. The van der Waals surface area contributed by atoms with Gasteiger partial charge in [0, 0.05) is 13.1 Å². The number of anilines is 1. The molecule has 3 aromatic rings. The number of amides is 1. The Bertz CT molecular complexity index is 1540. The van der Waals surface area contributed by atoms with Gasteiger partial charge in [0.25, 0.3) is 16.0 Å². The van der Waals surface area contributed by atoms with Crippen molar-refractivity contribution in [2.24, 2.45) is 0 Å². The van der Waals surface area contributed by atoms with Crippen molar-refractivity contribution in [1.82, 2.24) is 15.1 Å². The number of fused-ring (bicyclic) bond motifs is 1. The highest BCUT2D eigenvalue weighted by Gasteiger charge is 2.44. The Hall–Kier alpha value is -3.91. The van der Waals surface area contributed by atoms with E-state index in [4.69, 9.17) is 4.18 Å². The molecule has 226 valence electrons. The molecule has 2 aromatic carbocycles. The molecule has 1 N–H and O–H groups in total. The average molecular weight is 609 g/mol. The van der Waals surface area contributed by atoms with Gasteiger partial charge in [-0.05, 0) is 48.6 Å². The molecule has 0 fully saturated rings. The Kier molecular flexibility index (Phi) is 9.26. The molecule has 0 aliphatic carbocycles. The Morgan fingerprint density at radius 1 is 1.05 bits per heavy atom. The van der Waals surface area contributed by atoms with Gasteiger partial charge in [0.05, 0.1) is 38.1 Å². The van der Waals surface area contributed by atoms with Gasteiger partial charge < -0.3 is 15.0 Å². The molecule has 42 heavy (non-hydrogen) atoms. The number of aryl methyl sites for hydroxylation is 1. The first-order chi connectivity index (χ1) is 19.8. The number of rotatable bonds is 11. The summed E-state index contributed by atoms with van der Waals surface area (Å²) in [7, 11) is -2.24. The van der Waals surface area contributed by atoms with Crippen molar-refractivity contribution < 1.29 is 40.1 Å². The van der Waals surface area contributed by atoms with Gasteiger partial charge in [-0.15, -0.1) is 0 Å². The first-order valence-corrected chi connectivity index (χ1v) is 14.9. The second kappa shape index (κ2) is 12.5. The summed E-state index contributed by atoms with van der Waals surface area (Å²) in [6, 6.07) is 13.0. The SMILES string of the molecule is COC(=O)c1ccc([C@H](C)NC(=O)c2c(C(F)(F)F)nn3c2N(Cc2ccc(CCCOS(C)(=O)=O)cc2)CC3)cc1. The summed E-state index contributed by atoms with van der Waals surface area (Å²) in [5, 5.41) is 6.40. The van der Waals surface area contributed by atoms with Crippen molar-refractivity contribution in [2.45, 2.75) is 45.1 Å². The van der Waals surface area contributed by atoms with Gasteiger partial charge in [-0.1, -0.05) is 36.4 Å². The molecule has 1 aliphatic heterocycles. The van der Waals surface area contributed by atoms with Crippen LogP contribution in [0.25, 0.3) is 0 Å². The molecule has 0 spiro atoms. The molecule has 14 heteroatoms. The number of benzene rings is 2. The largest absolute Gasteiger partial charge is 0.465 e. The summed E-state index contributed by atoms with van der Waals surface area (Å²) in [4.78, 5) is 26.7. The average Bonchev–Trinajstić information content (AvgIpc) is 3.51. The lowest BCUT2D eigenvalue weighted by Crippen LogP contribution is -2.31. The minimum absolute atomic E-state index is 0.0716. The zero-order valence-electron chi connectivity index (χ0n) is 23.3. The number of alkyl halides is 3. The van der Waals surface area contributed by atoms with Crippen molar-refractivity contribution in [2.75, 3.05) is 31.4 Å². The lowest BCUT2D eigenvalue weighted by Gasteiger charge is -2.21. The van der Waals surface area contributed by atoms with E-state index in [1.165, 1.54) is 23.9 Å². The van der Waals surface area contributed by atoms with Crippen molar-refractivity contribution >= 4 is 27.8 Å². The molecule has 1 amide bonds. The normalized spacial score (nSPS) is 14.0. The second-order valence-corrected chi connectivity index (χ2v) is 11.6. The van der Waals surface area contributed by atoms with Crippen LogP contribution in [0.1, 0.15) is 62.5 Å². The van der Waals surface area contributed by atoms with Gasteiger partial charge in [-0.25, -0.2) is 9.48 Å². The summed E-state index contributed by atoms with van der Waals surface area (Å²) in [6.07, 6.45) is -2.76. The number of methoxy groups -OCH3 is 1. The van der Waals surface area contributed by atoms with Crippen LogP contribution in [-0.4, -0.2) is 56.6 Å². The van der Waals surface area contributed by atoms with Crippen molar-refractivity contribution in [3.8, 4) is 0 Å². The van der Waals surface area contributed by atoms with Crippen molar-refractivity contribution in [3.05, 3.63) is 82.0 Å². The molecule has 1 aromatic heterocycles. The van der Waals surface area contributed by atoms with Gasteiger partial charge in [0.2, 0.25) is 0 Å². The first-order valence-electron chi connectivity index (χ1n) is 13.1. The summed E-state index contributed by atoms with van der Waals surface area (Å²) >= 11 is 0. The standard InChI is InChI=1S/C28H31F3N4O6S/c1-18(21-10-12-22(13-11-21)27(37)40-2)32-25(36)23-24(28(29,30)31)33-35-15-14-34(26(23)35)17-20-8-6-19(7-9-20)5-4-16-41-42(3,38)39/h6-13,18H,4-5,14-17H2,1-3H3,(H,32,36)/t18-/m0/s1. The number of carbonyl (C=O) groups is 2. The summed E-state index contributed by atoms with van der Waals surface area (Å²) in [5.74, 6) is -1.35. The molecule has 0 unspecified atom stereocenters. The van der Waals surface area contributed by atoms with E-state index in [9.17, 15) is 31.2 Å². The predicted octanol–water partition coefficient (Wildman–Crippen LogP) is 4.11. The van der Waals surface area contributed by atoms with Gasteiger partial charge in [-0.3, -0.25) is 8.98 Å². The quantitative estimate of drug-likeness (QED) is 0.196. The summed E-state index contributed by atoms with van der Waals surface area (Å²) in [5.41, 5.74) is 0.877. The first kappa shape index (κ1) is 31.0. The van der Waals surface area contributed by atoms with E-state index in [0.717, 1.165) is 17.4 Å². The maximum absolute atomic E-state index is 14.0. The van der Waals surface area contributed by atoms with E-state index >= 15 is 0 Å². The Morgan fingerprint density at radius 3 is 2.29 bits per heavy atom. The van der Waals surface area contributed by atoms with E-state index in [1.807, 2.05) is 24.3 Å². The molecule has 1 atom stereocenters. The molecule has 4 rings (SSSR count). The number of aromatic nitrogens is 2. The zero-order valence-corrected chi connectivity index (χ0v) is 24.1. The Balaban J connectivity index is 1.50. The van der Waals surface area contributed by atoms with Crippen LogP contribution in [0.3, 0.4) is 0 Å². The maximum atomic E-state index is 14.0. The second-order valence-electron chi connectivity index (χ2n) is 9.94. The van der Waals surface area contributed by atoms with Crippen LogP contribution in [0.2, 0.25) is 0 Å². The monoisotopic (exact) mass is 608 g/mol. The van der Waals surface area contributed by atoms with Crippen LogP contribution in [0.4, 0.5) is 19.0 Å². The third-order valence-corrected chi connectivity index (χ3v) is 7.38. The fourth-order valence-electron chi connectivity index (χ4n) is 4.71. The summed E-state index contributed by atoms with van der Waals surface area (Å²) < 4.78 is 74.8. The van der Waals surface area contributed by atoms with E-state index in [0.29, 0.717) is 30.5 Å². The smallest absolute Gasteiger partial charge is 0.436 e. The van der Waals surface area contributed by atoms with Crippen LogP contribution < -0.4 is 10.2 Å². The molecule has 10 nitrogen and oxygen atoms in total. The number of ether oxygens (including phenoxy) is 1. The lowest BCUT2D eigenvalue weighted by atomic mass is 10.1. The number of hydrogen-bond donors (Lipinski definition) is 1. The van der Waals surface area contributed by atoms with Crippen molar-refractivity contribution in [3.63, 3.8) is 0 Å². The molecular formula is C28H31F3N4O6S. The molecule has 0 saturated carbocycles. The van der Waals surface area contributed by atoms with Crippen LogP contribution >= 0.6 is 0 Å². The van der Waals surface area contributed by atoms with Gasteiger partial charge >= 0.3 is 12.1 Å². The number of halogens is 3. The third kappa shape index (κ3) is 7.48. The number of hydrogen-bond acceptors (Lipinski definition) is 8. The Morgan fingerprint density at radius 2 is 1.69 bits per heavy atom. The van der Waals surface area contributed by atoms with E-state index in [-0.39, 0.29) is 25.5 Å². The highest BCUT2D eigenvalue weighted by atomic mass is 32.2. The molecule has 0 bridgehead atoms. The topological polar surface area (TPSA) is 120 Å². The van der Waals surface area contributed by atoms with Crippen LogP contribution in [0.15, 0.2) is 48.5 Å². The number of carbonyl (C=O) groups excluding carboxylic acids is 2. The highest BCUT2D eigenvalue weighted by molar-refractivity contribution is 7.85. The fourth-order valence-corrected chi connectivity index (χ4v) is 5.13. The van der Waals surface area contributed by atoms with Crippen molar-refractivity contribution in [1.29, 1.82) is 0 Å². The minimum Gasteiger partial charge on any atom is -0.465 e. The van der Waals surface area contributed by atoms with E-state index in [2.05, 4.69) is 15.2 Å². The zero-order chi connectivity index (χ0) is 30.7. The van der Waals surface area contributed by atoms with Gasteiger partial charge in [0.1, 0.15) is 11.4 Å². The number of nitrogens with one attached hydrogen (secondary N) is 1. The molecule has 1 aliphatic rings. The molecule has 0 saturated heterocycles. The summed E-state index contributed by atoms with van der Waals surface area (Å²) in [6.45, 7) is 2.52. The minimum atomic E-state index is -4.84. The van der Waals surface area contributed by atoms with E-state index < -0.39 is 45.5 Å². The predicted molar refractivity (Wildman–Crippen MR) is 148 cm³/mol.